The Balaban J connectivity index is 1.52. The third-order valence-corrected chi connectivity index (χ3v) is 8.78. The Labute approximate surface area is 273 Å². The molecule has 1 aliphatic carbocycles. The molecule has 6 nitrogen and oxygen atoms in total. The van der Waals surface area contributed by atoms with Gasteiger partial charge in [-0.1, -0.05) is 46.4 Å². The summed E-state index contributed by atoms with van der Waals surface area (Å²) in [4.78, 5) is 37.5. The number of carbonyl (C=O) groups is 3. The van der Waals surface area contributed by atoms with Crippen molar-refractivity contribution < 1.29 is 40.7 Å². The first kappa shape index (κ1) is 34.3. The maximum Gasteiger partial charge on any atom is 0.383 e. The molecule has 3 aromatic rings. The number of rotatable bonds is 8. The highest BCUT2D eigenvalue weighted by molar-refractivity contribution is 6.54. The van der Waals surface area contributed by atoms with E-state index >= 15 is 0 Å². The molecule has 0 heterocycles. The predicted octanol–water partition coefficient (Wildman–Crippen LogP) is 9.20. The molecule has 4 rings (SSSR count). The van der Waals surface area contributed by atoms with E-state index in [0.29, 0.717) is 11.6 Å². The van der Waals surface area contributed by atoms with Gasteiger partial charge in [0.25, 0.3) is 5.91 Å². The van der Waals surface area contributed by atoms with Crippen molar-refractivity contribution in [2.24, 2.45) is 5.92 Å². The van der Waals surface area contributed by atoms with Crippen LogP contribution in [0.1, 0.15) is 21.8 Å². The zero-order valence-electron chi connectivity index (χ0n) is 21.0. The van der Waals surface area contributed by atoms with Gasteiger partial charge in [0.1, 0.15) is 16.0 Å². The second-order valence-corrected chi connectivity index (χ2v) is 12.3. The van der Waals surface area contributed by atoms with E-state index in [4.69, 9.17) is 69.6 Å². The molecule has 18 heteroatoms. The third kappa shape index (κ3) is 6.80. The van der Waals surface area contributed by atoms with Gasteiger partial charge in [0, 0.05) is 17.7 Å². The van der Waals surface area contributed by atoms with Gasteiger partial charge in [-0.3, -0.25) is 14.4 Å². The van der Waals surface area contributed by atoms with Gasteiger partial charge in [0.05, 0.1) is 42.9 Å². The Morgan fingerprint density at radius 2 is 1.36 bits per heavy atom. The molecule has 0 radical (unpaired) electrons. The lowest BCUT2D eigenvalue weighted by atomic mass is 10.1. The lowest BCUT2D eigenvalue weighted by Gasteiger charge is -2.16. The van der Waals surface area contributed by atoms with Crippen molar-refractivity contribution in [3.63, 3.8) is 0 Å². The Bertz CT molecular complexity index is 1670. The molecule has 234 valence electrons. The maximum absolute atomic E-state index is 14.4. The largest absolute Gasteiger partial charge is 0.383 e. The number of amides is 3. The van der Waals surface area contributed by atoms with Crippen LogP contribution in [0.25, 0.3) is 0 Å². The predicted molar refractivity (Wildman–Crippen MR) is 156 cm³/mol. The topological polar surface area (TPSA) is 87.3 Å². The molecule has 0 aromatic heterocycles. The van der Waals surface area contributed by atoms with Crippen molar-refractivity contribution in [1.82, 2.24) is 0 Å². The van der Waals surface area contributed by atoms with E-state index in [0.717, 1.165) is 6.07 Å². The van der Waals surface area contributed by atoms with Gasteiger partial charge >= 0.3 is 18.3 Å². The van der Waals surface area contributed by atoms with Crippen molar-refractivity contribution in [3.05, 3.63) is 85.3 Å². The molecule has 0 spiro atoms. The van der Waals surface area contributed by atoms with Gasteiger partial charge in [0.2, 0.25) is 5.91 Å². The number of hydrogen-bond donors (Lipinski definition) is 3. The molecule has 1 unspecified atom stereocenters. The summed E-state index contributed by atoms with van der Waals surface area (Å²) in [5.74, 6) is -14.3. The highest BCUT2D eigenvalue weighted by Gasteiger charge is 2.67. The van der Waals surface area contributed by atoms with Gasteiger partial charge in [-0.05, 0) is 42.0 Å². The van der Waals surface area contributed by atoms with E-state index in [2.05, 4.69) is 5.32 Å². The first-order chi connectivity index (χ1) is 20.4. The molecule has 3 aromatic carbocycles. The van der Waals surface area contributed by atoms with Crippen molar-refractivity contribution in [3.8, 4) is 0 Å². The van der Waals surface area contributed by atoms with Crippen LogP contribution in [0.3, 0.4) is 0 Å². The Hall–Kier alpha value is -2.61. The summed E-state index contributed by atoms with van der Waals surface area (Å²) in [6.07, 6.45) is -4.41. The molecule has 44 heavy (non-hydrogen) atoms. The lowest BCUT2D eigenvalue weighted by Crippen LogP contribution is -2.41. The van der Waals surface area contributed by atoms with E-state index < -0.39 is 69.2 Å². The van der Waals surface area contributed by atoms with Crippen LogP contribution in [0.15, 0.2) is 42.5 Å². The average molecular weight is 742 g/mol. The summed E-state index contributed by atoms with van der Waals surface area (Å²) in [5.41, 5.74) is -1.89. The fourth-order valence-electron chi connectivity index (χ4n) is 4.05. The Morgan fingerprint density at radius 3 is 1.93 bits per heavy atom. The summed E-state index contributed by atoms with van der Waals surface area (Å²) < 4.78 is 78.4. The maximum atomic E-state index is 14.4. The van der Waals surface area contributed by atoms with Crippen molar-refractivity contribution in [2.45, 2.75) is 22.6 Å². The van der Waals surface area contributed by atoms with Gasteiger partial charge in [-0.15, -0.1) is 23.2 Å². The van der Waals surface area contributed by atoms with E-state index in [-0.39, 0.29) is 37.4 Å². The van der Waals surface area contributed by atoms with Gasteiger partial charge in [-0.2, -0.15) is 8.78 Å². The van der Waals surface area contributed by atoms with Crippen molar-refractivity contribution in [1.29, 1.82) is 0 Å². The highest BCUT2D eigenvalue weighted by Crippen LogP contribution is 2.65. The van der Waals surface area contributed by atoms with Crippen LogP contribution in [-0.2, 0) is 9.59 Å². The quantitative estimate of drug-likeness (QED) is 0.122. The van der Waals surface area contributed by atoms with E-state index in [9.17, 15) is 40.7 Å². The fraction of sp³-hybridized carbons (Fsp3) is 0.192. The number of carbonyl (C=O) groups excluding carboxylic acids is 3. The van der Waals surface area contributed by atoms with Crippen LogP contribution >= 0.6 is 69.6 Å². The SMILES string of the molecule is O=C(Nc1cc(NC(=O)C(F)(F)C(F)F)c(F)cc1F)c1cc(NC(=O)C2[C@H](c3cc(Cl)c(Cl)c(Cl)c3)C2(Cl)Cl)ccc1Cl. The second-order valence-electron chi connectivity index (χ2n) is 9.26. The van der Waals surface area contributed by atoms with Gasteiger partial charge in [0.15, 0.2) is 0 Å². The number of hydrogen-bond acceptors (Lipinski definition) is 3. The average Bonchev–Trinajstić information content (AvgIpc) is 3.52. The number of halogens is 12. The van der Waals surface area contributed by atoms with Crippen LogP contribution in [0, 0.1) is 17.6 Å². The van der Waals surface area contributed by atoms with Gasteiger partial charge < -0.3 is 16.0 Å². The van der Waals surface area contributed by atoms with Crippen LogP contribution in [0.2, 0.25) is 20.1 Å². The molecule has 0 saturated heterocycles. The number of alkyl halides is 6. The molecule has 0 bridgehead atoms. The number of anilines is 3. The molecular formula is C26H13Cl6F6N3O3. The normalized spacial score (nSPS) is 17.3. The summed E-state index contributed by atoms with van der Waals surface area (Å²) in [6, 6.07) is 7.00. The molecule has 1 saturated carbocycles. The van der Waals surface area contributed by atoms with Gasteiger partial charge in [-0.25, -0.2) is 17.6 Å². The fourth-order valence-corrected chi connectivity index (χ4v) is 5.70. The molecule has 1 fully saturated rings. The summed E-state index contributed by atoms with van der Waals surface area (Å²) >= 11 is 36.9. The minimum Gasteiger partial charge on any atom is -0.326 e. The van der Waals surface area contributed by atoms with Crippen molar-refractivity contribution >= 4 is 104 Å². The minimum absolute atomic E-state index is 0.00765. The molecule has 3 N–H and O–H groups in total. The molecule has 2 atom stereocenters. The molecule has 0 aliphatic heterocycles. The minimum atomic E-state index is -5.19. The second kappa shape index (κ2) is 12.6. The smallest absolute Gasteiger partial charge is 0.326 e. The Morgan fingerprint density at radius 1 is 0.795 bits per heavy atom. The van der Waals surface area contributed by atoms with E-state index in [1.54, 1.807) is 0 Å². The first-order valence-electron chi connectivity index (χ1n) is 11.8. The van der Waals surface area contributed by atoms with Crippen LogP contribution in [-0.4, -0.2) is 34.4 Å². The lowest BCUT2D eigenvalue weighted by molar-refractivity contribution is -0.163. The standard InChI is InChI=1S/C26H13Cl6F6N3O3/c27-11-2-1-9(39-22(43)19-18(25(19,31)32)8-3-12(28)20(30)13(29)4-8)5-10(11)21(42)40-16-7-17(15(34)6-14(16)33)41-24(44)26(37,38)23(35)36/h1-7,18-19,23H,(H,39,43)(H,40,42)(H,41,44)/t18-,19?/m0/s1. The molecule has 1 aliphatic rings. The molecule has 3 amide bonds. The summed E-state index contributed by atoms with van der Waals surface area (Å²) in [7, 11) is 0. The number of nitrogens with one attached hydrogen (secondary N) is 3. The monoisotopic (exact) mass is 739 g/mol. The zero-order chi connectivity index (χ0) is 32.9. The summed E-state index contributed by atoms with van der Waals surface area (Å²) in [5, 5.41) is 5.85. The third-order valence-electron chi connectivity index (χ3n) is 6.31. The van der Waals surface area contributed by atoms with Crippen LogP contribution in [0.4, 0.5) is 43.4 Å². The Kier molecular flexibility index (Phi) is 9.85. The van der Waals surface area contributed by atoms with E-state index in [1.807, 2.05) is 5.32 Å². The number of benzene rings is 3. The zero-order valence-corrected chi connectivity index (χ0v) is 25.6. The highest BCUT2D eigenvalue weighted by atomic mass is 35.5. The van der Waals surface area contributed by atoms with E-state index in [1.165, 1.54) is 29.6 Å². The van der Waals surface area contributed by atoms with Crippen LogP contribution < -0.4 is 16.0 Å². The van der Waals surface area contributed by atoms with Crippen molar-refractivity contribution in [2.75, 3.05) is 16.0 Å². The first-order valence-corrected chi connectivity index (χ1v) is 14.0. The summed E-state index contributed by atoms with van der Waals surface area (Å²) in [6.45, 7) is 0. The molecular weight excluding hydrogens is 729 g/mol. The van der Waals surface area contributed by atoms with Crippen LogP contribution in [0.5, 0.6) is 0 Å².